The second kappa shape index (κ2) is 7.64. The third-order valence-corrected chi connectivity index (χ3v) is 4.04. The Bertz CT molecular complexity index is 504. The zero-order valence-corrected chi connectivity index (χ0v) is 14.4. The zero-order valence-electron chi connectivity index (χ0n) is 14.4. The minimum Gasteiger partial charge on any atom is -0.271 e. The van der Waals surface area contributed by atoms with Crippen LogP contribution in [0.2, 0.25) is 0 Å². The van der Waals surface area contributed by atoms with Crippen LogP contribution >= 0.6 is 0 Å². The molecule has 2 nitrogen and oxygen atoms in total. The van der Waals surface area contributed by atoms with E-state index in [1.807, 2.05) is 6.92 Å². The highest BCUT2D eigenvalue weighted by molar-refractivity contribution is 5.41. The number of rotatable bonds is 5. The number of benzene rings is 1. The Hall–Kier alpha value is -1.30. The Kier molecular flexibility index (Phi) is 6.45. The van der Waals surface area contributed by atoms with Gasteiger partial charge in [0.15, 0.2) is 0 Å². The predicted molar refractivity (Wildman–Crippen MR) is 92.1 cm³/mol. The first kappa shape index (κ1) is 17.8. The lowest BCUT2D eigenvalue weighted by Gasteiger charge is -2.24. The van der Waals surface area contributed by atoms with Crippen LogP contribution in [-0.2, 0) is 11.8 Å². The number of hydrazine groups is 1. The molecule has 1 rings (SSSR count). The number of nitrogens with two attached hydrogens (primary N) is 1. The van der Waals surface area contributed by atoms with E-state index >= 15 is 0 Å². The highest BCUT2D eigenvalue weighted by Gasteiger charge is 2.17. The van der Waals surface area contributed by atoms with Crippen LogP contribution in [0.15, 0.2) is 12.1 Å². The van der Waals surface area contributed by atoms with Crippen molar-refractivity contribution in [1.29, 1.82) is 0 Å². The molecule has 1 aromatic rings. The first-order chi connectivity index (χ1) is 9.79. The first-order valence-corrected chi connectivity index (χ1v) is 7.76. The molecule has 0 aromatic heterocycles. The maximum absolute atomic E-state index is 5.70. The lowest BCUT2D eigenvalue weighted by molar-refractivity contribution is 0.495. The van der Waals surface area contributed by atoms with E-state index < -0.39 is 0 Å². The van der Waals surface area contributed by atoms with E-state index in [1.54, 1.807) is 0 Å². The molecule has 3 N–H and O–H groups in total. The van der Waals surface area contributed by atoms with Crippen LogP contribution in [0.5, 0.6) is 0 Å². The van der Waals surface area contributed by atoms with Crippen LogP contribution in [0.4, 0.5) is 0 Å². The molecule has 0 aliphatic carbocycles. The summed E-state index contributed by atoms with van der Waals surface area (Å²) in [7, 11) is 0. The molecule has 0 saturated carbocycles. The molecular formula is C19H30N2. The van der Waals surface area contributed by atoms with Crippen LogP contribution in [0.1, 0.15) is 62.8 Å². The van der Waals surface area contributed by atoms with Gasteiger partial charge >= 0.3 is 0 Å². The lowest BCUT2D eigenvalue weighted by Crippen LogP contribution is -2.37. The van der Waals surface area contributed by atoms with Gasteiger partial charge < -0.3 is 0 Å². The monoisotopic (exact) mass is 286 g/mol. The molecule has 0 amide bonds. The van der Waals surface area contributed by atoms with E-state index in [0.717, 1.165) is 19.3 Å². The van der Waals surface area contributed by atoms with Gasteiger partial charge in [-0.25, -0.2) is 0 Å². The predicted octanol–water partition coefficient (Wildman–Crippen LogP) is 3.78. The fourth-order valence-electron chi connectivity index (χ4n) is 2.61. The van der Waals surface area contributed by atoms with E-state index in [-0.39, 0.29) is 11.5 Å². The molecule has 0 heterocycles. The van der Waals surface area contributed by atoms with Crippen LogP contribution in [-0.4, -0.2) is 6.04 Å². The maximum atomic E-state index is 5.70. The smallest absolute Gasteiger partial charge is 0.0260 e. The summed E-state index contributed by atoms with van der Waals surface area (Å²) in [6.45, 7) is 13.1. The van der Waals surface area contributed by atoms with E-state index in [2.05, 4.69) is 64.0 Å². The van der Waals surface area contributed by atoms with Crippen LogP contribution in [0.3, 0.4) is 0 Å². The van der Waals surface area contributed by atoms with Gasteiger partial charge in [-0.2, -0.15) is 0 Å². The Balaban J connectivity index is 2.94. The first-order valence-electron chi connectivity index (χ1n) is 7.76. The van der Waals surface area contributed by atoms with Gasteiger partial charge in [-0.05, 0) is 61.3 Å². The Morgan fingerprint density at radius 1 is 1.19 bits per heavy atom. The van der Waals surface area contributed by atoms with E-state index in [4.69, 9.17) is 5.84 Å². The summed E-state index contributed by atoms with van der Waals surface area (Å²) in [6.07, 6.45) is 2.84. The normalized spacial score (nSPS) is 12.7. The number of hydrogen-bond donors (Lipinski definition) is 2. The van der Waals surface area contributed by atoms with Gasteiger partial charge in [-0.3, -0.25) is 11.3 Å². The topological polar surface area (TPSA) is 38.0 Å². The maximum Gasteiger partial charge on any atom is 0.0260 e. The van der Waals surface area contributed by atoms with Gasteiger partial charge in [0.05, 0.1) is 0 Å². The molecule has 1 aromatic carbocycles. The number of hydrogen-bond acceptors (Lipinski definition) is 2. The average Bonchev–Trinajstić information content (AvgIpc) is 2.39. The minimum atomic E-state index is 0.191. The molecule has 116 valence electrons. The molecule has 0 radical (unpaired) electrons. The SMILES string of the molecule is CC#CCCC(Cc1c(C)cc(C(C)(C)C)cc1C)NN. The quantitative estimate of drug-likeness (QED) is 0.491. The van der Waals surface area contributed by atoms with E-state index in [1.165, 1.54) is 22.3 Å². The molecule has 0 bridgehead atoms. The second-order valence-electron chi connectivity index (χ2n) is 6.87. The summed E-state index contributed by atoms with van der Waals surface area (Å²) < 4.78 is 0. The molecule has 0 aliphatic heterocycles. The van der Waals surface area contributed by atoms with Gasteiger partial charge in [0.25, 0.3) is 0 Å². The highest BCUT2D eigenvalue weighted by atomic mass is 15.2. The Morgan fingerprint density at radius 3 is 2.19 bits per heavy atom. The molecule has 0 fully saturated rings. The summed E-state index contributed by atoms with van der Waals surface area (Å²) in [5.74, 6) is 11.8. The summed E-state index contributed by atoms with van der Waals surface area (Å²) in [5.41, 5.74) is 8.67. The summed E-state index contributed by atoms with van der Waals surface area (Å²) in [6, 6.07) is 4.92. The van der Waals surface area contributed by atoms with E-state index in [0.29, 0.717) is 0 Å². The van der Waals surface area contributed by atoms with Crippen LogP contribution < -0.4 is 11.3 Å². The fourth-order valence-corrected chi connectivity index (χ4v) is 2.61. The van der Waals surface area contributed by atoms with Crippen molar-refractivity contribution < 1.29 is 0 Å². The molecular weight excluding hydrogens is 256 g/mol. The molecule has 1 unspecified atom stereocenters. The van der Waals surface area contributed by atoms with Crippen molar-refractivity contribution in [2.45, 2.75) is 72.3 Å². The van der Waals surface area contributed by atoms with Gasteiger partial charge in [0.2, 0.25) is 0 Å². The molecule has 0 spiro atoms. The molecule has 0 aliphatic rings. The average molecular weight is 286 g/mol. The standard InChI is InChI=1S/C19H30N2/c1-7-8-9-10-17(21-20)13-18-14(2)11-16(12-15(18)3)19(4,5)6/h11-12,17,21H,9-10,13,20H2,1-6H3. The van der Waals surface area contributed by atoms with Crippen molar-refractivity contribution in [1.82, 2.24) is 5.43 Å². The van der Waals surface area contributed by atoms with E-state index in [9.17, 15) is 0 Å². The Morgan fingerprint density at radius 2 is 1.76 bits per heavy atom. The zero-order chi connectivity index (χ0) is 16.0. The van der Waals surface area contributed by atoms with Crippen molar-refractivity contribution in [3.63, 3.8) is 0 Å². The van der Waals surface area contributed by atoms with Crippen molar-refractivity contribution in [3.05, 3.63) is 34.4 Å². The third-order valence-electron chi connectivity index (χ3n) is 4.04. The number of nitrogens with one attached hydrogen (secondary N) is 1. The Labute approximate surface area is 130 Å². The molecule has 0 saturated heterocycles. The fraction of sp³-hybridized carbons (Fsp3) is 0.579. The van der Waals surface area contributed by atoms with Crippen LogP contribution in [0, 0.1) is 25.7 Å². The lowest BCUT2D eigenvalue weighted by atomic mass is 9.82. The van der Waals surface area contributed by atoms with Gasteiger partial charge in [0.1, 0.15) is 0 Å². The summed E-state index contributed by atoms with van der Waals surface area (Å²) in [5, 5.41) is 0. The van der Waals surface area contributed by atoms with Crippen molar-refractivity contribution >= 4 is 0 Å². The third kappa shape index (κ3) is 5.19. The number of aryl methyl sites for hydroxylation is 2. The van der Waals surface area contributed by atoms with Crippen molar-refractivity contribution in [3.8, 4) is 11.8 Å². The van der Waals surface area contributed by atoms with Gasteiger partial charge in [-0.1, -0.05) is 32.9 Å². The second-order valence-corrected chi connectivity index (χ2v) is 6.87. The highest BCUT2D eigenvalue weighted by Crippen LogP contribution is 2.27. The molecule has 21 heavy (non-hydrogen) atoms. The minimum absolute atomic E-state index is 0.191. The summed E-state index contributed by atoms with van der Waals surface area (Å²) in [4.78, 5) is 0. The van der Waals surface area contributed by atoms with Crippen molar-refractivity contribution in [2.75, 3.05) is 0 Å². The van der Waals surface area contributed by atoms with Crippen molar-refractivity contribution in [2.24, 2.45) is 5.84 Å². The molecule has 2 heteroatoms. The summed E-state index contributed by atoms with van der Waals surface area (Å²) >= 11 is 0. The van der Waals surface area contributed by atoms with Crippen LogP contribution in [0.25, 0.3) is 0 Å². The van der Waals surface area contributed by atoms with Gasteiger partial charge in [0, 0.05) is 12.5 Å². The molecule has 1 atom stereocenters. The largest absolute Gasteiger partial charge is 0.271 e. The van der Waals surface area contributed by atoms with Gasteiger partial charge in [-0.15, -0.1) is 11.8 Å².